The highest BCUT2D eigenvalue weighted by Crippen LogP contribution is 2.44. The van der Waals surface area contributed by atoms with E-state index in [1.807, 2.05) is 17.5 Å². The molecule has 3 aromatic rings. The minimum atomic E-state index is -0.353. The molecule has 1 aliphatic rings. The van der Waals surface area contributed by atoms with Crippen molar-refractivity contribution in [3.8, 4) is 16.7 Å². The van der Waals surface area contributed by atoms with Gasteiger partial charge in [-0.05, 0) is 47.6 Å². The van der Waals surface area contributed by atoms with E-state index >= 15 is 0 Å². The molecule has 3 heterocycles. The van der Waals surface area contributed by atoms with Crippen LogP contribution in [0.15, 0.2) is 28.1 Å². The summed E-state index contributed by atoms with van der Waals surface area (Å²) in [7, 11) is 0. The van der Waals surface area contributed by atoms with Crippen molar-refractivity contribution in [3.63, 3.8) is 0 Å². The minimum absolute atomic E-state index is 0.214. The Morgan fingerprint density at radius 1 is 1.43 bits per heavy atom. The topological polar surface area (TPSA) is 78.9 Å². The van der Waals surface area contributed by atoms with E-state index in [9.17, 15) is 10.1 Å². The lowest BCUT2D eigenvalue weighted by Gasteiger charge is -2.33. The van der Waals surface area contributed by atoms with Gasteiger partial charge in [0.1, 0.15) is 11.1 Å². The lowest BCUT2D eigenvalue weighted by atomic mass is 9.72. The van der Waals surface area contributed by atoms with Crippen molar-refractivity contribution in [2.75, 3.05) is 5.32 Å². The molecule has 1 aliphatic carbocycles. The lowest BCUT2D eigenvalue weighted by Crippen LogP contribution is -2.26. The average Bonchev–Trinajstić information content (AvgIpc) is 3.38. The molecular weight excluding hydrogens is 390 g/mol. The average molecular weight is 412 g/mol. The van der Waals surface area contributed by atoms with Crippen LogP contribution < -0.4 is 5.32 Å². The van der Waals surface area contributed by atoms with E-state index < -0.39 is 0 Å². The zero-order valence-corrected chi connectivity index (χ0v) is 17.7. The van der Waals surface area contributed by atoms with Gasteiger partial charge in [0.25, 0.3) is 5.91 Å². The van der Waals surface area contributed by atoms with Crippen LogP contribution in [0.3, 0.4) is 0 Å². The van der Waals surface area contributed by atoms with E-state index in [4.69, 9.17) is 4.52 Å². The summed E-state index contributed by atoms with van der Waals surface area (Å²) in [5.41, 5.74) is 2.15. The maximum Gasteiger partial charge on any atom is 0.278 e. The molecule has 7 heteroatoms. The Bertz CT molecular complexity index is 1050. The van der Waals surface area contributed by atoms with E-state index in [0.717, 1.165) is 29.7 Å². The molecule has 0 spiro atoms. The number of anilines is 1. The van der Waals surface area contributed by atoms with E-state index in [1.54, 1.807) is 6.07 Å². The Hall–Kier alpha value is -2.43. The van der Waals surface area contributed by atoms with Gasteiger partial charge in [-0.15, -0.1) is 22.7 Å². The van der Waals surface area contributed by atoms with Crippen LogP contribution in [0.4, 0.5) is 5.00 Å². The van der Waals surface area contributed by atoms with Crippen LogP contribution in [-0.2, 0) is 12.8 Å². The van der Waals surface area contributed by atoms with Crippen molar-refractivity contribution < 1.29 is 9.32 Å². The Balaban J connectivity index is 1.56. The third-order valence-electron chi connectivity index (χ3n) is 5.34. The smallest absolute Gasteiger partial charge is 0.278 e. The molecule has 1 amide bonds. The number of rotatable bonds is 3. The molecule has 5 nitrogen and oxygen atoms in total. The van der Waals surface area contributed by atoms with Gasteiger partial charge in [0, 0.05) is 10.9 Å². The first-order valence-corrected chi connectivity index (χ1v) is 10.9. The summed E-state index contributed by atoms with van der Waals surface area (Å²) >= 11 is 3.05. The second-order valence-corrected chi connectivity index (χ2v) is 10.2. The first-order chi connectivity index (χ1) is 13.4. The molecule has 1 atom stereocenters. The molecule has 3 aromatic heterocycles. The van der Waals surface area contributed by atoms with Crippen LogP contribution in [0.5, 0.6) is 0 Å². The number of carbonyl (C=O) groups is 1. The van der Waals surface area contributed by atoms with Gasteiger partial charge in [-0.3, -0.25) is 4.79 Å². The molecule has 0 radical (unpaired) electrons. The highest BCUT2D eigenvalue weighted by molar-refractivity contribution is 7.16. The minimum Gasteiger partial charge on any atom is -0.355 e. The number of nitriles is 1. The summed E-state index contributed by atoms with van der Waals surface area (Å²) < 4.78 is 5.30. The van der Waals surface area contributed by atoms with Gasteiger partial charge in [-0.25, -0.2) is 0 Å². The highest BCUT2D eigenvalue weighted by Gasteiger charge is 2.32. The van der Waals surface area contributed by atoms with Gasteiger partial charge in [0.15, 0.2) is 11.5 Å². The molecule has 0 aromatic carbocycles. The van der Waals surface area contributed by atoms with Crippen LogP contribution in [-0.4, -0.2) is 11.1 Å². The van der Waals surface area contributed by atoms with Crippen LogP contribution in [0.25, 0.3) is 10.6 Å². The van der Waals surface area contributed by atoms with Gasteiger partial charge < -0.3 is 9.84 Å². The number of thiophene rings is 2. The van der Waals surface area contributed by atoms with E-state index in [-0.39, 0.29) is 17.0 Å². The predicted octanol–water partition coefficient (Wildman–Crippen LogP) is 5.74. The summed E-state index contributed by atoms with van der Waals surface area (Å²) in [6.45, 7) is 6.79. The van der Waals surface area contributed by atoms with Gasteiger partial charge in [-0.1, -0.05) is 32.0 Å². The molecule has 1 N–H and O–H groups in total. The molecule has 4 rings (SSSR count). The first kappa shape index (κ1) is 18.9. The van der Waals surface area contributed by atoms with Gasteiger partial charge in [0.05, 0.1) is 10.4 Å². The quantitative estimate of drug-likeness (QED) is 0.596. The van der Waals surface area contributed by atoms with Crippen molar-refractivity contribution in [1.82, 2.24) is 5.16 Å². The molecule has 0 aliphatic heterocycles. The molecule has 0 saturated heterocycles. The fourth-order valence-corrected chi connectivity index (χ4v) is 5.56. The van der Waals surface area contributed by atoms with Crippen LogP contribution in [0, 0.1) is 22.7 Å². The summed E-state index contributed by atoms with van der Waals surface area (Å²) in [6.07, 6.45) is 2.92. The van der Waals surface area contributed by atoms with Crippen LogP contribution in [0.1, 0.15) is 53.7 Å². The summed E-state index contributed by atoms with van der Waals surface area (Å²) in [5.74, 6) is 0.797. The zero-order chi connectivity index (χ0) is 19.9. The molecule has 0 saturated carbocycles. The molecule has 0 fully saturated rings. The number of carbonyl (C=O) groups excluding carboxylic acids is 1. The lowest BCUT2D eigenvalue weighted by molar-refractivity contribution is 0.101. The van der Waals surface area contributed by atoms with Crippen molar-refractivity contribution in [1.29, 1.82) is 5.26 Å². The molecule has 0 unspecified atom stereocenters. The second kappa shape index (κ2) is 7.19. The third-order valence-corrected chi connectivity index (χ3v) is 7.39. The number of fused-ring (bicyclic) bond motifs is 1. The number of amides is 1. The first-order valence-electron chi connectivity index (χ1n) is 9.23. The Morgan fingerprint density at radius 2 is 2.25 bits per heavy atom. The van der Waals surface area contributed by atoms with Crippen molar-refractivity contribution >= 4 is 33.6 Å². The molecular formula is C21H21N3O2S2. The number of hydrogen-bond acceptors (Lipinski definition) is 6. The van der Waals surface area contributed by atoms with Crippen LogP contribution >= 0.6 is 22.7 Å². The van der Waals surface area contributed by atoms with E-state index in [2.05, 4.69) is 37.3 Å². The van der Waals surface area contributed by atoms with Crippen molar-refractivity contribution in [2.45, 2.75) is 40.0 Å². The Labute approximate surface area is 172 Å². The van der Waals surface area contributed by atoms with Crippen molar-refractivity contribution in [2.24, 2.45) is 11.3 Å². The number of aromatic nitrogens is 1. The zero-order valence-electron chi connectivity index (χ0n) is 16.0. The number of hydrogen-bond donors (Lipinski definition) is 1. The number of nitrogens with zero attached hydrogens (tertiary/aromatic N) is 2. The largest absolute Gasteiger partial charge is 0.355 e. The molecule has 0 bridgehead atoms. The van der Waals surface area contributed by atoms with Gasteiger partial charge >= 0.3 is 0 Å². The van der Waals surface area contributed by atoms with Crippen molar-refractivity contribution in [3.05, 3.63) is 45.3 Å². The highest BCUT2D eigenvalue weighted by atomic mass is 32.1. The Morgan fingerprint density at radius 3 is 2.93 bits per heavy atom. The monoisotopic (exact) mass is 411 g/mol. The van der Waals surface area contributed by atoms with Gasteiger partial charge in [-0.2, -0.15) is 5.26 Å². The normalized spacial score (nSPS) is 16.4. The maximum atomic E-state index is 12.7. The van der Waals surface area contributed by atoms with E-state index in [1.165, 1.54) is 27.6 Å². The molecule has 144 valence electrons. The van der Waals surface area contributed by atoms with Gasteiger partial charge in [0.2, 0.25) is 0 Å². The summed E-state index contributed by atoms with van der Waals surface area (Å²) in [6, 6.07) is 7.77. The fourth-order valence-electron chi connectivity index (χ4n) is 3.62. The second-order valence-electron chi connectivity index (χ2n) is 8.13. The fraction of sp³-hybridized carbons (Fsp3) is 0.381. The SMILES string of the molecule is CC(C)(C)[C@H]1CCc2c(sc(NC(=O)c3cc(-c4cccs4)on3)c2C#N)C1. The maximum absolute atomic E-state index is 12.7. The number of nitrogens with one attached hydrogen (secondary N) is 1. The summed E-state index contributed by atoms with van der Waals surface area (Å²) in [5, 5.41) is 19.0. The standard InChI is InChI=1S/C21H21N3O2S2/c1-21(2,3)12-6-7-13-14(11-22)20(28-18(13)9-12)23-19(25)15-10-16(26-24-15)17-5-4-8-27-17/h4-5,8,10,12H,6-7,9H2,1-3H3,(H,23,25)/t12-/m0/s1. The Kier molecular flexibility index (Phi) is 4.86. The molecule has 28 heavy (non-hydrogen) atoms. The third kappa shape index (κ3) is 3.50. The predicted molar refractivity (Wildman–Crippen MR) is 112 cm³/mol. The summed E-state index contributed by atoms with van der Waals surface area (Å²) in [4.78, 5) is 14.8. The van der Waals surface area contributed by atoms with E-state index in [0.29, 0.717) is 22.2 Å². The van der Waals surface area contributed by atoms with Crippen LogP contribution in [0.2, 0.25) is 0 Å².